The molecule has 56 valence electrons. The van der Waals surface area contributed by atoms with Crippen molar-refractivity contribution in [2.75, 3.05) is 0 Å². The summed E-state index contributed by atoms with van der Waals surface area (Å²) in [6.45, 7) is 4.46. The van der Waals surface area contributed by atoms with Gasteiger partial charge < -0.3 is 0 Å². The fourth-order valence-electron chi connectivity index (χ4n) is 1.42. The van der Waals surface area contributed by atoms with Crippen LogP contribution in [0.4, 0.5) is 0 Å². The summed E-state index contributed by atoms with van der Waals surface area (Å²) in [5, 5.41) is 0. The second-order valence-electron chi connectivity index (χ2n) is 2.94. The van der Waals surface area contributed by atoms with E-state index in [0.717, 1.165) is 0 Å². The molecule has 0 heteroatoms. The van der Waals surface area contributed by atoms with Crippen LogP contribution in [0.15, 0.2) is 23.3 Å². The van der Waals surface area contributed by atoms with Gasteiger partial charge in [-0.05, 0) is 31.8 Å². The van der Waals surface area contributed by atoms with Gasteiger partial charge in [-0.3, -0.25) is 0 Å². The molecule has 0 aromatic heterocycles. The van der Waals surface area contributed by atoms with Gasteiger partial charge in [0.1, 0.15) is 0 Å². The van der Waals surface area contributed by atoms with Gasteiger partial charge in [-0.1, -0.05) is 31.1 Å². The molecule has 0 aromatic carbocycles. The summed E-state index contributed by atoms with van der Waals surface area (Å²) in [5.41, 5.74) is 3.09. The minimum atomic E-state index is 1.25. The van der Waals surface area contributed by atoms with E-state index in [2.05, 4.69) is 26.0 Å². The zero-order chi connectivity index (χ0) is 7.40. The lowest BCUT2D eigenvalue weighted by Crippen LogP contribution is -1.90. The number of rotatable bonds is 2. The average Bonchev–Trinajstić information content (AvgIpc) is 1.94. The Labute approximate surface area is 63.6 Å². The Bertz CT molecular complexity index is 161. The van der Waals surface area contributed by atoms with Crippen LogP contribution in [0.3, 0.4) is 0 Å². The van der Waals surface area contributed by atoms with Gasteiger partial charge in [-0.15, -0.1) is 0 Å². The first-order valence-electron chi connectivity index (χ1n) is 4.20. The molecule has 0 fully saturated rings. The van der Waals surface area contributed by atoms with Gasteiger partial charge in [0.25, 0.3) is 0 Å². The van der Waals surface area contributed by atoms with Gasteiger partial charge in [0.2, 0.25) is 0 Å². The van der Waals surface area contributed by atoms with Crippen LogP contribution < -0.4 is 0 Å². The fourth-order valence-corrected chi connectivity index (χ4v) is 1.42. The van der Waals surface area contributed by atoms with Crippen molar-refractivity contribution in [3.8, 4) is 0 Å². The van der Waals surface area contributed by atoms with E-state index in [0.29, 0.717) is 0 Å². The van der Waals surface area contributed by atoms with Gasteiger partial charge in [0, 0.05) is 0 Å². The summed E-state index contributed by atoms with van der Waals surface area (Å²) in [6.07, 6.45) is 9.79. The van der Waals surface area contributed by atoms with E-state index >= 15 is 0 Å². The topological polar surface area (TPSA) is 0 Å². The highest BCUT2D eigenvalue weighted by molar-refractivity contribution is 5.31. The first kappa shape index (κ1) is 7.59. The number of hydrogen-bond donors (Lipinski definition) is 0. The van der Waals surface area contributed by atoms with Crippen molar-refractivity contribution in [1.82, 2.24) is 0 Å². The van der Waals surface area contributed by atoms with Crippen molar-refractivity contribution in [3.63, 3.8) is 0 Å². The minimum Gasteiger partial charge on any atom is -0.0810 e. The first-order chi connectivity index (χ1) is 4.84. The zero-order valence-electron chi connectivity index (χ0n) is 6.98. The van der Waals surface area contributed by atoms with E-state index in [1.54, 1.807) is 5.57 Å². The van der Waals surface area contributed by atoms with Crippen molar-refractivity contribution in [3.05, 3.63) is 23.3 Å². The first-order valence-corrected chi connectivity index (χ1v) is 4.20. The summed E-state index contributed by atoms with van der Waals surface area (Å²) in [5.74, 6) is 0. The van der Waals surface area contributed by atoms with E-state index in [9.17, 15) is 0 Å². The zero-order valence-corrected chi connectivity index (χ0v) is 6.98. The van der Waals surface area contributed by atoms with Crippen LogP contribution in [-0.2, 0) is 0 Å². The normalized spacial score (nSPS) is 18.2. The Hall–Kier alpha value is -0.520. The quantitative estimate of drug-likeness (QED) is 0.545. The monoisotopic (exact) mass is 136 g/mol. The summed E-state index contributed by atoms with van der Waals surface area (Å²) in [7, 11) is 0. The molecule has 0 bridgehead atoms. The Kier molecular flexibility index (Phi) is 2.73. The lowest BCUT2D eigenvalue weighted by Gasteiger charge is -2.10. The predicted molar refractivity (Wildman–Crippen MR) is 46.0 cm³/mol. The molecule has 10 heavy (non-hydrogen) atoms. The largest absolute Gasteiger partial charge is 0.0810 e. The van der Waals surface area contributed by atoms with E-state index in [1.165, 1.54) is 31.3 Å². The second-order valence-corrected chi connectivity index (χ2v) is 2.94. The molecular weight excluding hydrogens is 120 g/mol. The molecule has 0 atom stereocenters. The Morgan fingerprint density at radius 2 is 2.00 bits per heavy atom. The molecule has 0 spiro atoms. The Morgan fingerprint density at radius 1 is 1.30 bits per heavy atom. The Balaban J connectivity index is 2.56. The predicted octanol–water partition coefficient (Wildman–Crippen LogP) is 3.45. The molecule has 0 aromatic rings. The third-order valence-corrected chi connectivity index (χ3v) is 2.03. The summed E-state index contributed by atoms with van der Waals surface area (Å²) < 4.78 is 0. The van der Waals surface area contributed by atoms with Crippen LogP contribution in [0.25, 0.3) is 0 Å². The van der Waals surface area contributed by atoms with Gasteiger partial charge in [0.15, 0.2) is 0 Å². The standard InChI is InChI=1S/C10H16/c1-3-6-10-8-5-4-7-9(10)2/h7-8H,3-6H2,1-2H3. The van der Waals surface area contributed by atoms with Crippen molar-refractivity contribution >= 4 is 0 Å². The van der Waals surface area contributed by atoms with Crippen molar-refractivity contribution < 1.29 is 0 Å². The third kappa shape index (κ3) is 1.73. The maximum Gasteiger partial charge on any atom is -0.0282 e. The molecular formula is C10H16. The minimum absolute atomic E-state index is 1.25. The molecule has 0 N–H and O–H groups in total. The maximum absolute atomic E-state index is 2.39. The highest BCUT2D eigenvalue weighted by Crippen LogP contribution is 2.21. The van der Waals surface area contributed by atoms with Crippen LogP contribution in [0, 0.1) is 0 Å². The molecule has 0 radical (unpaired) electrons. The SMILES string of the molecule is CCCC1=CCCC=C1C. The van der Waals surface area contributed by atoms with E-state index in [4.69, 9.17) is 0 Å². The molecule has 0 amide bonds. The average molecular weight is 136 g/mol. The molecule has 0 nitrogen and oxygen atoms in total. The van der Waals surface area contributed by atoms with Gasteiger partial charge in [0.05, 0.1) is 0 Å². The van der Waals surface area contributed by atoms with Gasteiger partial charge in [-0.25, -0.2) is 0 Å². The second kappa shape index (κ2) is 3.60. The highest BCUT2D eigenvalue weighted by atomic mass is 14.1. The lowest BCUT2D eigenvalue weighted by molar-refractivity contribution is 0.873. The fraction of sp³-hybridized carbons (Fsp3) is 0.600. The number of hydrogen-bond acceptors (Lipinski definition) is 0. The van der Waals surface area contributed by atoms with E-state index in [-0.39, 0.29) is 0 Å². The summed E-state index contributed by atoms with van der Waals surface area (Å²) in [6, 6.07) is 0. The highest BCUT2D eigenvalue weighted by Gasteiger charge is 2.01. The van der Waals surface area contributed by atoms with Crippen molar-refractivity contribution in [2.24, 2.45) is 0 Å². The lowest BCUT2D eigenvalue weighted by atomic mass is 9.96. The molecule has 0 saturated heterocycles. The van der Waals surface area contributed by atoms with E-state index in [1.807, 2.05) is 0 Å². The molecule has 1 rings (SSSR count). The summed E-state index contributed by atoms with van der Waals surface area (Å²) in [4.78, 5) is 0. The van der Waals surface area contributed by atoms with Crippen molar-refractivity contribution in [1.29, 1.82) is 0 Å². The van der Waals surface area contributed by atoms with Crippen LogP contribution >= 0.6 is 0 Å². The molecule has 1 aliphatic rings. The molecule has 0 heterocycles. The molecule has 0 aliphatic heterocycles. The Morgan fingerprint density at radius 3 is 2.60 bits per heavy atom. The van der Waals surface area contributed by atoms with Crippen LogP contribution in [0.5, 0.6) is 0 Å². The molecule has 0 saturated carbocycles. The van der Waals surface area contributed by atoms with Crippen LogP contribution in [0.2, 0.25) is 0 Å². The van der Waals surface area contributed by atoms with Crippen LogP contribution in [0.1, 0.15) is 39.5 Å². The summed E-state index contributed by atoms with van der Waals surface area (Å²) >= 11 is 0. The van der Waals surface area contributed by atoms with E-state index < -0.39 is 0 Å². The third-order valence-electron chi connectivity index (χ3n) is 2.03. The maximum atomic E-state index is 2.39. The molecule has 1 aliphatic carbocycles. The van der Waals surface area contributed by atoms with Gasteiger partial charge >= 0.3 is 0 Å². The molecule has 0 unspecified atom stereocenters. The smallest absolute Gasteiger partial charge is 0.0282 e. The van der Waals surface area contributed by atoms with Crippen molar-refractivity contribution in [2.45, 2.75) is 39.5 Å². The van der Waals surface area contributed by atoms with Gasteiger partial charge in [-0.2, -0.15) is 0 Å². The van der Waals surface area contributed by atoms with Crippen LogP contribution in [-0.4, -0.2) is 0 Å². The number of allylic oxidation sites excluding steroid dienone is 4.